The van der Waals surface area contributed by atoms with Crippen LogP contribution in [0.1, 0.15) is 47.4 Å². The fourth-order valence-corrected chi connectivity index (χ4v) is 2.82. The van der Waals surface area contributed by atoms with Gasteiger partial charge < -0.3 is 15.9 Å². The summed E-state index contributed by atoms with van der Waals surface area (Å²) in [6, 6.07) is 0. The molecule has 4 N–H and O–H groups in total. The molecule has 1 aliphatic carbocycles. The number of carbonyl (C=O) groups excluding carboxylic acids is 2. The Morgan fingerprint density at radius 2 is 2.14 bits per heavy atom. The fourth-order valence-electron chi connectivity index (χ4n) is 2.82. The summed E-state index contributed by atoms with van der Waals surface area (Å²) in [4.78, 5) is 28.3. The molecule has 8 nitrogen and oxygen atoms in total. The van der Waals surface area contributed by atoms with Crippen molar-refractivity contribution in [3.05, 3.63) is 17.0 Å². The van der Waals surface area contributed by atoms with E-state index in [1.54, 1.807) is 0 Å². The summed E-state index contributed by atoms with van der Waals surface area (Å²) in [7, 11) is 0. The van der Waals surface area contributed by atoms with Gasteiger partial charge in [0.25, 0.3) is 11.8 Å². The monoisotopic (exact) mass is 305 g/mol. The second kappa shape index (κ2) is 6.17. The molecule has 0 bridgehead atoms. The average molecular weight is 305 g/mol. The molecule has 1 atom stereocenters. The molecule has 118 valence electrons. The number of H-pyrrole nitrogens is 1. The number of hydrogen-bond acceptors (Lipinski definition) is 5. The highest BCUT2D eigenvalue weighted by Gasteiger charge is 2.26. The van der Waals surface area contributed by atoms with Gasteiger partial charge in [0.05, 0.1) is 6.54 Å². The Hall–Kier alpha value is -2.38. The lowest BCUT2D eigenvalue weighted by Crippen LogP contribution is -2.34. The van der Waals surface area contributed by atoms with E-state index in [1.807, 2.05) is 0 Å². The summed E-state index contributed by atoms with van der Waals surface area (Å²) in [5.74, 6) is -0.818. The van der Waals surface area contributed by atoms with E-state index in [4.69, 9.17) is 10.6 Å². The predicted octanol–water partition coefficient (Wildman–Crippen LogP) is 0.0386. The van der Waals surface area contributed by atoms with E-state index < -0.39 is 5.91 Å². The zero-order valence-corrected chi connectivity index (χ0v) is 12.2. The van der Waals surface area contributed by atoms with Gasteiger partial charge in [0, 0.05) is 17.7 Å². The van der Waals surface area contributed by atoms with Crippen molar-refractivity contribution in [3.63, 3.8) is 0 Å². The summed E-state index contributed by atoms with van der Waals surface area (Å²) in [6.07, 6.45) is 5.15. The van der Waals surface area contributed by atoms with Crippen LogP contribution in [0.4, 0.5) is 0 Å². The Kier molecular flexibility index (Phi) is 4.08. The van der Waals surface area contributed by atoms with E-state index in [0.717, 1.165) is 36.9 Å². The molecule has 1 aromatic heterocycles. The fraction of sp³-hybridized carbons (Fsp3) is 0.571. The molecule has 1 aliphatic heterocycles. The van der Waals surface area contributed by atoms with Crippen LogP contribution in [0.15, 0.2) is 5.16 Å². The lowest BCUT2D eigenvalue weighted by molar-refractivity contribution is -0.112. The van der Waals surface area contributed by atoms with E-state index in [0.29, 0.717) is 12.1 Å². The molecule has 0 saturated heterocycles. The van der Waals surface area contributed by atoms with Crippen LogP contribution in [0.25, 0.3) is 0 Å². The third-order valence-corrected chi connectivity index (χ3v) is 4.03. The molecule has 8 heteroatoms. The molecule has 1 aromatic rings. The van der Waals surface area contributed by atoms with Crippen LogP contribution >= 0.6 is 0 Å². The molecule has 2 aliphatic rings. The maximum atomic E-state index is 12.3. The molecule has 3 rings (SSSR count). The first-order valence-corrected chi connectivity index (χ1v) is 7.52. The van der Waals surface area contributed by atoms with Crippen LogP contribution < -0.4 is 11.1 Å². The molecule has 2 heterocycles. The highest BCUT2D eigenvalue weighted by Crippen LogP contribution is 2.21. The van der Waals surface area contributed by atoms with Crippen LogP contribution in [0, 0.1) is 0 Å². The first-order valence-electron chi connectivity index (χ1n) is 7.52. The van der Waals surface area contributed by atoms with Gasteiger partial charge in [-0.1, -0.05) is 11.6 Å². The number of fused-ring (bicyclic) bond motifs is 1. The number of hydrogen-bond donors (Lipinski definition) is 3. The Morgan fingerprint density at radius 1 is 1.32 bits per heavy atom. The topological polar surface area (TPSA) is 122 Å². The maximum absolute atomic E-state index is 12.3. The average Bonchev–Trinajstić information content (AvgIpc) is 3.07. The van der Waals surface area contributed by atoms with Gasteiger partial charge in [-0.3, -0.25) is 14.7 Å². The first-order chi connectivity index (χ1) is 10.6. The van der Waals surface area contributed by atoms with Gasteiger partial charge in [0.15, 0.2) is 11.8 Å². The second-order valence-electron chi connectivity index (χ2n) is 5.63. The van der Waals surface area contributed by atoms with Crippen molar-refractivity contribution >= 4 is 17.5 Å². The normalized spacial score (nSPS) is 20.5. The number of aromatic nitrogens is 2. The van der Waals surface area contributed by atoms with E-state index in [1.165, 1.54) is 6.42 Å². The molecule has 0 aromatic carbocycles. The lowest BCUT2D eigenvalue weighted by atomic mass is 10.1. The SMILES string of the molecule is NC(=O)C1=NO[C@@H](CNC(=O)c2n[nH]c3c2CCCCC3)C1. The summed E-state index contributed by atoms with van der Waals surface area (Å²) in [6.45, 7) is 0.265. The minimum atomic E-state index is -0.591. The minimum Gasteiger partial charge on any atom is -0.390 e. The van der Waals surface area contributed by atoms with Gasteiger partial charge in [-0.15, -0.1) is 0 Å². The van der Waals surface area contributed by atoms with Crippen molar-refractivity contribution in [2.24, 2.45) is 10.9 Å². The van der Waals surface area contributed by atoms with E-state index in [-0.39, 0.29) is 24.3 Å². The Morgan fingerprint density at radius 3 is 2.91 bits per heavy atom. The van der Waals surface area contributed by atoms with E-state index >= 15 is 0 Å². The third kappa shape index (κ3) is 2.95. The smallest absolute Gasteiger partial charge is 0.272 e. The Balaban J connectivity index is 1.57. The van der Waals surface area contributed by atoms with Crippen molar-refractivity contribution in [1.82, 2.24) is 15.5 Å². The van der Waals surface area contributed by atoms with Crippen LogP contribution in [-0.4, -0.2) is 40.4 Å². The number of aromatic amines is 1. The summed E-state index contributed by atoms with van der Waals surface area (Å²) in [5.41, 5.74) is 7.89. The predicted molar refractivity (Wildman–Crippen MR) is 78.3 cm³/mol. The number of carbonyl (C=O) groups is 2. The molecule has 0 spiro atoms. The zero-order chi connectivity index (χ0) is 15.5. The van der Waals surface area contributed by atoms with Crippen LogP contribution in [0.2, 0.25) is 0 Å². The zero-order valence-electron chi connectivity index (χ0n) is 12.2. The van der Waals surface area contributed by atoms with Crippen molar-refractivity contribution in [2.75, 3.05) is 6.54 Å². The number of nitrogens with two attached hydrogens (primary N) is 1. The van der Waals surface area contributed by atoms with Crippen LogP contribution in [-0.2, 0) is 22.5 Å². The number of nitrogens with one attached hydrogen (secondary N) is 2. The third-order valence-electron chi connectivity index (χ3n) is 4.03. The van der Waals surface area contributed by atoms with Crippen molar-refractivity contribution in [3.8, 4) is 0 Å². The molecule has 2 amide bonds. The summed E-state index contributed by atoms with van der Waals surface area (Å²) < 4.78 is 0. The van der Waals surface area contributed by atoms with Gasteiger partial charge in [0.2, 0.25) is 0 Å². The molecule has 0 unspecified atom stereocenters. The van der Waals surface area contributed by atoms with Gasteiger partial charge in [-0.25, -0.2) is 0 Å². The number of amides is 2. The number of rotatable bonds is 4. The standard InChI is InChI=1S/C14H19N5O3/c15-13(20)11-6-8(22-19-11)7-16-14(21)12-9-4-2-1-3-5-10(9)17-18-12/h8H,1-7H2,(H2,15,20)(H,16,21)(H,17,18)/t8-/m1/s1. The van der Waals surface area contributed by atoms with Gasteiger partial charge in [0.1, 0.15) is 5.71 Å². The summed E-state index contributed by atoms with van der Waals surface area (Å²) >= 11 is 0. The quantitative estimate of drug-likeness (QED) is 0.679. The molecule has 22 heavy (non-hydrogen) atoms. The highest BCUT2D eigenvalue weighted by molar-refractivity contribution is 6.38. The van der Waals surface area contributed by atoms with Crippen molar-refractivity contribution < 1.29 is 14.4 Å². The highest BCUT2D eigenvalue weighted by atomic mass is 16.6. The largest absolute Gasteiger partial charge is 0.390 e. The Labute approximate surface area is 127 Å². The lowest BCUT2D eigenvalue weighted by Gasteiger charge is -2.09. The van der Waals surface area contributed by atoms with Crippen LogP contribution in [0.3, 0.4) is 0 Å². The number of aryl methyl sites for hydroxylation is 1. The molecular formula is C14H19N5O3. The molecule has 0 saturated carbocycles. The Bertz CT molecular complexity index is 622. The van der Waals surface area contributed by atoms with Crippen LogP contribution in [0.5, 0.6) is 0 Å². The molecular weight excluding hydrogens is 286 g/mol. The summed E-state index contributed by atoms with van der Waals surface area (Å²) in [5, 5.41) is 13.5. The number of nitrogens with zero attached hydrogens (tertiary/aromatic N) is 2. The van der Waals surface area contributed by atoms with Crippen molar-refractivity contribution in [2.45, 2.75) is 44.6 Å². The minimum absolute atomic E-state index is 0.202. The van der Waals surface area contributed by atoms with Gasteiger partial charge in [-0.2, -0.15) is 5.10 Å². The van der Waals surface area contributed by atoms with Gasteiger partial charge in [-0.05, 0) is 25.7 Å². The van der Waals surface area contributed by atoms with E-state index in [9.17, 15) is 9.59 Å². The van der Waals surface area contributed by atoms with Gasteiger partial charge >= 0.3 is 0 Å². The molecule has 0 radical (unpaired) electrons. The van der Waals surface area contributed by atoms with Crippen molar-refractivity contribution in [1.29, 1.82) is 0 Å². The molecule has 0 fully saturated rings. The number of primary amides is 1. The van der Waals surface area contributed by atoms with E-state index in [2.05, 4.69) is 20.7 Å². The second-order valence-corrected chi connectivity index (χ2v) is 5.63. The number of oxime groups is 1. The first kappa shape index (κ1) is 14.6. The maximum Gasteiger partial charge on any atom is 0.272 e.